The van der Waals surface area contributed by atoms with Gasteiger partial charge in [-0.25, -0.2) is 9.59 Å². The first kappa shape index (κ1) is 15.3. The summed E-state index contributed by atoms with van der Waals surface area (Å²) < 4.78 is 10.0. The fraction of sp³-hybridized carbons (Fsp3) is 0.412. The van der Waals surface area contributed by atoms with Gasteiger partial charge in [-0.05, 0) is 49.5 Å². The summed E-state index contributed by atoms with van der Waals surface area (Å²) in [5, 5.41) is 0. The predicted molar refractivity (Wildman–Crippen MR) is 79.8 cm³/mol. The van der Waals surface area contributed by atoms with E-state index in [-0.39, 0.29) is 18.0 Å². The SMILES string of the molecule is COC(=O)c1ccc(C=CC(=O)OC2CCCCC2)cc1. The highest BCUT2D eigenvalue weighted by Crippen LogP contribution is 2.20. The summed E-state index contributed by atoms with van der Waals surface area (Å²) >= 11 is 0. The molecular weight excluding hydrogens is 268 g/mol. The monoisotopic (exact) mass is 288 g/mol. The third-order valence-corrected chi connectivity index (χ3v) is 3.58. The van der Waals surface area contributed by atoms with Crippen LogP contribution in [-0.2, 0) is 14.3 Å². The summed E-state index contributed by atoms with van der Waals surface area (Å²) in [5.41, 5.74) is 1.32. The van der Waals surface area contributed by atoms with E-state index in [4.69, 9.17) is 4.74 Å². The van der Waals surface area contributed by atoms with Gasteiger partial charge in [0.1, 0.15) is 6.10 Å². The number of carbonyl (C=O) groups is 2. The van der Waals surface area contributed by atoms with E-state index in [0.29, 0.717) is 5.56 Å². The Kier molecular flexibility index (Phi) is 5.55. The van der Waals surface area contributed by atoms with E-state index in [0.717, 1.165) is 31.2 Å². The molecule has 0 N–H and O–H groups in total. The maximum absolute atomic E-state index is 11.7. The van der Waals surface area contributed by atoms with Gasteiger partial charge in [-0.15, -0.1) is 0 Å². The number of methoxy groups -OCH3 is 1. The van der Waals surface area contributed by atoms with Gasteiger partial charge in [0.2, 0.25) is 0 Å². The normalized spacial score (nSPS) is 15.9. The molecule has 21 heavy (non-hydrogen) atoms. The van der Waals surface area contributed by atoms with Crippen LogP contribution in [0.4, 0.5) is 0 Å². The number of hydrogen-bond donors (Lipinski definition) is 0. The van der Waals surface area contributed by atoms with Crippen molar-refractivity contribution in [3.63, 3.8) is 0 Å². The van der Waals surface area contributed by atoms with Crippen LogP contribution < -0.4 is 0 Å². The van der Waals surface area contributed by atoms with E-state index in [1.807, 2.05) is 0 Å². The lowest BCUT2D eigenvalue weighted by Gasteiger charge is -2.20. The van der Waals surface area contributed by atoms with Crippen molar-refractivity contribution in [2.45, 2.75) is 38.2 Å². The van der Waals surface area contributed by atoms with Crippen LogP contribution in [-0.4, -0.2) is 25.2 Å². The molecule has 4 nitrogen and oxygen atoms in total. The zero-order valence-electron chi connectivity index (χ0n) is 12.2. The maximum atomic E-state index is 11.7. The van der Waals surface area contributed by atoms with Crippen molar-refractivity contribution >= 4 is 18.0 Å². The lowest BCUT2D eigenvalue weighted by atomic mass is 9.98. The van der Waals surface area contributed by atoms with Gasteiger partial charge >= 0.3 is 11.9 Å². The topological polar surface area (TPSA) is 52.6 Å². The lowest BCUT2D eigenvalue weighted by molar-refractivity contribution is -0.144. The number of ether oxygens (including phenoxy) is 2. The Hall–Kier alpha value is -2.10. The fourth-order valence-electron chi connectivity index (χ4n) is 2.40. The molecule has 1 aromatic carbocycles. The molecule has 0 amide bonds. The third-order valence-electron chi connectivity index (χ3n) is 3.58. The molecule has 1 aliphatic carbocycles. The van der Waals surface area contributed by atoms with Crippen LogP contribution in [0.3, 0.4) is 0 Å². The van der Waals surface area contributed by atoms with E-state index in [9.17, 15) is 9.59 Å². The van der Waals surface area contributed by atoms with Crippen molar-refractivity contribution in [2.24, 2.45) is 0 Å². The minimum absolute atomic E-state index is 0.0672. The van der Waals surface area contributed by atoms with Crippen LogP contribution >= 0.6 is 0 Å². The molecular formula is C17H20O4. The number of esters is 2. The van der Waals surface area contributed by atoms with Gasteiger partial charge in [-0.1, -0.05) is 18.6 Å². The summed E-state index contributed by atoms with van der Waals surface area (Å²) in [6.45, 7) is 0. The van der Waals surface area contributed by atoms with E-state index in [1.165, 1.54) is 19.6 Å². The molecule has 112 valence electrons. The first-order valence-corrected chi connectivity index (χ1v) is 7.26. The second kappa shape index (κ2) is 7.62. The molecule has 0 bridgehead atoms. The molecule has 0 unspecified atom stereocenters. The molecule has 1 aliphatic rings. The standard InChI is InChI=1S/C17H20O4/c1-20-17(19)14-10-7-13(8-11-14)9-12-16(18)21-15-5-3-2-4-6-15/h7-12,15H,2-6H2,1H3. The first-order valence-electron chi connectivity index (χ1n) is 7.26. The van der Waals surface area contributed by atoms with Gasteiger partial charge in [0.25, 0.3) is 0 Å². The van der Waals surface area contributed by atoms with Crippen molar-refractivity contribution in [3.8, 4) is 0 Å². The largest absolute Gasteiger partial charge is 0.465 e. The Labute approximate surface area is 124 Å². The molecule has 1 fully saturated rings. The summed E-state index contributed by atoms with van der Waals surface area (Å²) in [6.07, 6.45) is 8.62. The molecule has 0 aliphatic heterocycles. The van der Waals surface area contributed by atoms with Crippen molar-refractivity contribution in [3.05, 3.63) is 41.5 Å². The average molecular weight is 288 g/mol. The molecule has 4 heteroatoms. The van der Waals surface area contributed by atoms with Gasteiger partial charge in [0.05, 0.1) is 12.7 Å². The fourth-order valence-corrected chi connectivity index (χ4v) is 2.40. The van der Waals surface area contributed by atoms with E-state index < -0.39 is 0 Å². The number of hydrogen-bond acceptors (Lipinski definition) is 4. The van der Waals surface area contributed by atoms with E-state index in [2.05, 4.69) is 4.74 Å². The predicted octanol–water partition coefficient (Wildman–Crippen LogP) is 3.36. The minimum atomic E-state index is -0.373. The highest BCUT2D eigenvalue weighted by atomic mass is 16.5. The maximum Gasteiger partial charge on any atom is 0.337 e. The molecule has 0 spiro atoms. The minimum Gasteiger partial charge on any atom is -0.465 e. The number of rotatable bonds is 4. The van der Waals surface area contributed by atoms with Gasteiger partial charge in [0.15, 0.2) is 0 Å². The molecule has 0 heterocycles. The van der Waals surface area contributed by atoms with Gasteiger partial charge in [0, 0.05) is 6.08 Å². The lowest BCUT2D eigenvalue weighted by Crippen LogP contribution is -2.19. The molecule has 0 saturated heterocycles. The molecule has 1 saturated carbocycles. The van der Waals surface area contributed by atoms with Crippen LogP contribution in [0.15, 0.2) is 30.3 Å². The molecule has 1 aromatic rings. The third kappa shape index (κ3) is 4.74. The Morgan fingerprint density at radius 3 is 2.38 bits per heavy atom. The summed E-state index contributed by atoms with van der Waals surface area (Å²) in [4.78, 5) is 23.0. The van der Waals surface area contributed by atoms with Crippen molar-refractivity contribution in [1.29, 1.82) is 0 Å². The van der Waals surface area contributed by atoms with Crippen molar-refractivity contribution < 1.29 is 19.1 Å². The van der Waals surface area contributed by atoms with Crippen LogP contribution in [0.25, 0.3) is 6.08 Å². The van der Waals surface area contributed by atoms with Gasteiger partial charge < -0.3 is 9.47 Å². The van der Waals surface area contributed by atoms with E-state index in [1.54, 1.807) is 30.3 Å². The highest BCUT2D eigenvalue weighted by molar-refractivity contribution is 5.90. The first-order chi connectivity index (χ1) is 10.2. The number of benzene rings is 1. The Bertz CT molecular complexity index is 510. The second-order valence-corrected chi connectivity index (χ2v) is 5.14. The highest BCUT2D eigenvalue weighted by Gasteiger charge is 2.16. The van der Waals surface area contributed by atoms with E-state index >= 15 is 0 Å². The average Bonchev–Trinajstić information content (AvgIpc) is 2.53. The number of carbonyl (C=O) groups excluding carboxylic acids is 2. The van der Waals surface area contributed by atoms with Crippen LogP contribution in [0.5, 0.6) is 0 Å². The Balaban J connectivity index is 1.87. The van der Waals surface area contributed by atoms with Crippen molar-refractivity contribution in [1.82, 2.24) is 0 Å². The molecule has 0 aromatic heterocycles. The van der Waals surface area contributed by atoms with Crippen molar-refractivity contribution in [2.75, 3.05) is 7.11 Å². The summed E-state index contributed by atoms with van der Waals surface area (Å²) in [7, 11) is 1.34. The Morgan fingerprint density at radius 2 is 1.76 bits per heavy atom. The Morgan fingerprint density at radius 1 is 1.10 bits per heavy atom. The van der Waals surface area contributed by atoms with Crippen LogP contribution in [0, 0.1) is 0 Å². The van der Waals surface area contributed by atoms with Crippen LogP contribution in [0.1, 0.15) is 48.0 Å². The van der Waals surface area contributed by atoms with Crippen LogP contribution in [0.2, 0.25) is 0 Å². The zero-order valence-corrected chi connectivity index (χ0v) is 12.2. The zero-order chi connectivity index (χ0) is 15.1. The summed E-state index contributed by atoms with van der Waals surface area (Å²) in [6, 6.07) is 6.85. The smallest absolute Gasteiger partial charge is 0.337 e. The molecule has 0 radical (unpaired) electrons. The van der Waals surface area contributed by atoms with Gasteiger partial charge in [-0.3, -0.25) is 0 Å². The van der Waals surface area contributed by atoms with Gasteiger partial charge in [-0.2, -0.15) is 0 Å². The summed E-state index contributed by atoms with van der Waals surface area (Å²) in [5.74, 6) is -0.679. The molecule has 0 atom stereocenters. The quantitative estimate of drug-likeness (QED) is 0.629. The second-order valence-electron chi connectivity index (χ2n) is 5.14. The molecule has 2 rings (SSSR count).